The molecule has 12 heavy (non-hydrogen) atoms. The van der Waals surface area contributed by atoms with Crippen molar-refractivity contribution in [3.8, 4) is 0 Å². The monoisotopic (exact) mass is 192 g/mol. The molecule has 1 aliphatic heterocycles. The molecule has 0 radical (unpaired) electrons. The highest BCUT2D eigenvalue weighted by atomic mass is 32.2. The Morgan fingerprint density at radius 1 is 1.58 bits per heavy atom. The van der Waals surface area contributed by atoms with E-state index in [1.807, 2.05) is 0 Å². The smallest absolute Gasteiger partial charge is 0.210 e. The van der Waals surface area contributed by atoms with Gasteiger partial charge in [0.05, 0.1) is 5.75 Å². The molecule has 2 N–H and O–H groups in total. The molecule has 1 aliphatic rings. The highest BCUT2D eigenvalue weighted by Crippen LogP contribution is 2.13. The Morgan fingerprint density at radius 2 is 2.25 bits per heavy atom. The van der Waals surface area contributed by atoms with Crippen LogP contribution < -0.4 is 5.14 Å². The molecule has 0 aliphatic carbocycles. The number of rotatable bonds is 3. The first-order chi connectivity index (χ1) is 5.47. The van der Waals surface area contributed by atoms with Crippen LogP contribution in [0.2, 0.25) is 0 Å². The Balaban J connectivity index is 2.25. The van der Waals surface area contributed by atoms with E-state index in [0.717, 1.165) is 13.1 Å². The van der Waals surface area contributed by atoms with E-state index in [2.05, 4.69) is 11.8 Å². The highest BCUT2D eigenvalue weighted by molar-refractivity contribution is 7.89. The fourth-order valence-corrected chi connectivity index (χ4v) is 2.00. The van der Waals surface area contributed by atoms with E-state index in [0.29, 0.717) is 12.5 Å². The number of hydrogen-bond acceptors (Lipinski definition) is 3. The van der Waals surface area contributed by atoms with Crippen LogP contribution in [-0.2, 0) is 10.0 Å². The van der Waals surface area contributed by atoms with Gasteiger partial charge in [0, 0.05) is 13.1 Å². The summed E-state index contributed by atoms with van der Waals surface area (Å²) in [5.74, 6) is 0.783. The lowest BCUT2D eigenvalue weighted by molar-refractivity contribution is 0.347. The summed E-state index contributed by atoms with van der Waals surface area (Å²) in [7, 11) is -3.27. The van der Waals surface area contributed by atoms with Gasteiger partial charge in [-0.1, -0.05) is 6.92 Å². The van der Waals surface area contributed by atoms with Crippen LogP contribution in [0.5, 0.6) is 0 Å². The molecule has 1 fully saturated rings. The molecule has 5 heteroatoms. The first-order valence-electron chi connectivity index (χ1n) is 4.20. The summed E-state index contributed by atoms with van der Waals surface area (Å²) in [6.45, 7) is 4.78. The quantitative estimate of drug-likeness (QED) is 0.663. The molecule has 72 valence electrons. The van der Waals surface area contributed by atoms with Gasteiger partial charge in [0.15, 0.2) is 0 Å². The maximum atomic E-state index is 10.6. The minimum absolute atomic E-state index is 0.0831. The molecule has 1 saturated heterocycles. The summed E-state index contributed by atoms with van der Waals surface area (Å²) in [4.78, 5) is 2.15. The lowest BCUT2D eigenvalue weighted by atomic mass is 10.2. The molecule has 1 rings (SSSR count). The van der Waals surface area contributed by atoms with Gasteiger partial charge in [-0.2, -0.15) is 0 Å². The van der Waals surface area contributed by atoms with Crippen LogP contribution in [-0.4, -0.2) is 38.7 Å². The topological polar surface area (TPSA) is 63.4 Å². The second-order valence-electron chi connectivity index (χ2n) is 3.56. The third kappa shape index (κ3) is 3.51. The molecule has 0 amide bonds. The summed E-state index contributed by atoms with van der Waals surface area (Å²) in [6.07, 6.45) is 1.17. The first kappa shape index (κ1) is 9.95. The predicted octanol–water partition coefficient (Wildman–Crippen LogP) is -0.383. The second-order valence-corrected chi connectivity index (χ2v) is 5.30. The number of nitrogens with two attached hydrogens (primary N) is 1. The van der Waals surface area contributed by atoms with E-state index in [1.54, 1.807) is 0 Å². The zero-order chi connectivity index (χ0) is 9.19. The van der Waals surface area contributed by atoms with Crippen molar-refractivity contribution in [2.75, 3.05) is 25.4 Å². The van der Waals surface area contributed by atoms with Crippen LogP contribution in [0.4, 0.5) is 0 Å². The van der Waals surface area contributed by atoms with Crippen LogP contribution >= 0.6 is 0 Å². The number of likely N-dealkylation sites (tertiary alicyclic amines) is 1. The van der Waals surface area contributed by atoms with Crippen molar-refractivity contribution < 1.29 is 8.42 Å². The van der Waals surface area contributed by atoms with Gasteiger partial charge in [-0.25, -0.2) is 13.6 Å². The Kier molecular flexibility index (Phi) is 3.09. The number of nitrogens with zero attached hydrogens (tertiary/aromatic N) is 1. The van der Waals surface area contributed by atoms with Crippen molar-refractivity contribution in [3.05, 3.63) is 0 Å². The average Bonchev–Trinajstić information content (AvgIpc) is 2.30. The van der Waals surface area contributed by atoms with Crippen LogP contribution in [0.3, 0.4) is 0 Å². The van der Waals surface area contributed by atoms with Gasteiger partial charge < -0.3 is 4.90 Å². The predicted molar refractivity (Wildman–Crippen MR) is 48.2 cm³/mol. The van der Waals surface area contributed by atoms with E-state index < -0.39 is 10.0 Å². The van der Waals surface area contributed by atoms with Crippen molar-refractivity contribution >= 4 is 10.0 Å². The Labute approximate surface area is 73.8 Å². The maximum absolute atomic E-state index is 10.6. The molecule has 0 spiro atoms. The van der Waals surface area contributed by atoms with Crippen molar-refractivity contribution in [1.82, 2.24) is 4.90 Å². The largest absolute Gasteiger partial charge is 0.302 e. The Hall–Kier alpha value is -0.130. The molecule has 0 aromatic heterocycles. The standard InChI is InChI=1S/C7H16N2O2S/c1-7-2-3-9(6-7)4-5-12(8,10)11/h7H,2-6H2,1H3,(H2,8,10,11). The summed E-state index contributed by atoms with van der Waals surface area (Å²) in [6, 6.07) is 0. The van der Waals surface area contributed by atoms with E-state index >= 15 is 0 Å². The number of hydrogen-bond donors (Lipinski definition) is 1. The number of sulfonamides is 1. The third-order valence-electron chi connectivity index (χ3n) is 2.20. The average molecular weight is 192 g/mol. The van der Waals surface area contributed by atoms with E-state index in [-0.39, 0.29) is 5.75 Å². The molecule has 0 saturated carbocycles. The van der Waals surface area contributed by atoms with Gasteiger partial charge in [-0.15, -0.1) is 0 Å². The van der Waals surface area contributed by atoms with Crippen molar-refractivity contribution in [2.45, 2.75) is 13.3 Å². The third-order valence-corrected chi connectivity index (χ3v) is 2.95. The lowest BCUT2D eigenvalue weighted by Crippen LogP contribution is -2.30. The molecular formula is C7H16N2O2S. The van der Waals surface area contributed by atoms with Crippen LogP contribution in [0, 0.1) is 5.92 Å². The molecule has 0 aromatic rings. The fraction of sp³-hybridized carbons (Fsp3) is 1.00. The number of primary sulfonamides is 1. The van der Waals surface area contributed by atoms with Crippen LogP contribution in [0.1, 0.15) is 13.3 Å². The minimum atomic E-state index is -3.27. The van der Waals surface area contributed by atoms with Gasteiger partial charge in [-0.05, 0) is 18.9 Å². The summed E-state index contributed by atoms with van der Waals surface area (Å²) in [5, 5.41) is 4.89. The van der Waals surface area contributed by atoms with Gasteiger partial charge in [0.2, 0.25) is 10.0 Å². The fourth-order valence-electron chi connectivity index (χ4n) is 1.49. The normalized spacial score (nSPS) is 26.3. The molecular weight excluding hydrogens is 176 g/mol. The summed E-state index contributed by atoms with van der Waals surface area (Å²) >= 11 is 0. The van der Waals surface area contributed by atoms with Gasteiger partial charge in [-0.3, -0.25) is 0 Å². The SMILES string of the molecule is CC1CCN(CCS(N)(=O)=O)C1. The lowest BCUT2D eigenvalue weighted by Gasteiger charge is -2.13. The molecule has 0 aromatic carbocycles. The van der Waals surface area contributed by atoms with E-state index in [4.69, 9.17) is 5.14 Å². The molecule has 1 atom stereocenters. The van der Waals surface area contributed by atoms with Gasteiger partial charge in [0.1, 0.15) is 0 Å². The van der Waals surface area contributed by atoms with Crippen LogP contribution in [0.25, 0.3) is 0 Å². The Bertz CT molecular complexity index is 238. The first-order valence-corrected chi connectivity index (χ1v) is 5.92. The van der Waals surface area contributed by atoms with E-state index in [1.165, 1.54) is 6.42 Å². The summed E-state index contributed by atoms with van der Waals surface area (Å²) in [5.41, 5.74) is 0. The Morgan fingerprint density at radius 3 is 2.67 bits per heavy atom. The zero-order valence-corrected chi connectivity index (χ0v) is 8.18. The summed E-state index contributed by atoms with van der Waals surface area (Å²) < 4.78 is 21.2. The molecule has 1 unspecified atom stereocenters. The highest BCUT2D eigenvalue weighted by Gasteiger charge is 2.19. The molecule has 0 bridgehead atoms. The second kappa shape index (κ2) is 3.72. The van der Waals surface area contributed by atoms with E-state index in [9.17, 15) is 8.42 Å². The maximum Gasteiger partial charge on any atom is 0.210 e. The van der Waals surface area contributed by atoms with Crippen molar-refractivity contribution in [3.63, 3.8) is 0 Å². The van der Waals surface area contributed by atoms with Crippen molar-refractivity contribution in [2.24, 2.45) is 11.1 Å². The molecule has 1 heterocycles. The minimum Gasteiger partial charge on any atom is -0.302 e. The zero-order valence-electron chi connectivity index (χ0n) is 7.36. The molecule has 4 nitrogen and oxygen atoms in total. The van der Waals surface area contributed by atoms with Gasteiger partial charge in [0.25, 0.3) is 0 Å². The van der Waals surface area contributed by atoms with Crippen LogP contribution in [0.15, 0.2) is 0 Å². The van der Waals surface area contributed by atoms with Crippen molar-refractivity contribution in [1.29, 1.82) is 0 Å². The van der Waals surface area contributed by atoms with Gasteiger partial charge >= 0.3 is 0 Å².